The van der Waals surface area contributed by atoms with Crippen LogP contribution in [0.15, 0.2) is 24.4 Å². The number of carbonyl (C=O) groups is 1. The van der Waals surface area contributed by atoms with Crippen LogP contribution in [0.4, 0.5) is 13.2 Å². The minimum absolute atomic E-state index is 0.109. The van der Waals surface area contributed by atoms with Crippen molar-refractivity contribution in [1.82, 2.24) is 25.0 Å². The maximum absolute atomic E-state index is 12.5. The van der Waals surface area contributed by atoms with Crippen LogP contribution in [-0.4, -0.2) is 32.1 Å². The topological polar surface area (TPSA) is 63.1 Å². The molecule has 1 aliphatic rings. The molecule has 2 aromatic rings. The maximum atomic E-state index is 12.5. The van der Waals surface area contributed by atoms with Crippen molar-refractivity contribution in [3.05, 3.63) is 47.0 Å². The molecular formula is C16H18F3N5O. The van der Waals surface area contributed by atoms with Gasteiger partial charge in [0.2, 0.25) is 5.91 Å². The van der Waals surface area contributed by atoms with Gasteiger partial charge in [-0.25, -0.2) is 0 Å². The lowest BCUT2D eigenvalue weighted by Gasteiger charge is -2.27. The third kappa shape index (κ3) is 4.36. The SMILES string of the molecule is CC(=O)NCc1cc2n(n1)CCN(Cc1ccc(C(F)(F)F)nc1)C2. The van der Waals surface area contributed by atoms with Crippen molar-refractivity contribution in [2.24, 2.45) is 0 Å². The predicted molar refractivity (Wildman–Crippen MR) is 83.1 cm³/mol. The van der Waals surface area contributed by atoms with E-state index in [0.717, 1.165) is 29.6 Å². The van der Waals surface area contributed by atoms with Crippen LogP contribution < -0.4 is 5.32 Å². The molecular weight excluding hydrogens is 335 g/mol. The third-order valence-corrected chi connectivity index (χ3v) is 3.97. The van der Waals surface area contributed by atoms with E-state index in [-0.39, 0.29) is 5.91 Å². The zero-order valence-electron chi connectivity index (χ0n) is 13.7. The zero-order chi connectivity index (χ0) is 18.0. The van der Waals surface area contributed by atoms with Crippen molar-refractivity contribution >= 4 is 5.91 Å². The molecule has 0 unspecified atom stereocenters. The molecule has 1 amide bonds. The molecule has 0 aromatic carbocycles. The Bertz CT molecular complexity index is 754. The summed E-state index contributed by atoms with van der Waals surface area (Å²) in [6.45, 7) is 4.46. The summed E-state index contributed by atoms with van der Waals surface area (Å²) in [6.07, 6.45) is -3.14. The number of hydrogen-bond donors (Lipinski definition) is 1. The number of rotatable bonds is 4. The molecule has 0 saturated carbocycles. The van der Waals surface area contributed by atoms with E-state index in [1.54, 1.807) is 0 Å². The second-order valence-corrected chi connectivity index (χ2v) is 6.02. The Hall–Kier alpha value is -2.42. The summed E-state index contributed by atoms with van der Waals surface area (Å²) in [4.78, 5) is 16.6. The average molecular weight is 353 g/mol. The minimum Gasteiger partial charge on any atom is -0.351 e. The van der Waals surface area contributed by atoms with Gasteiger partial charge in [0.05, 0.1) is 24.5 Å². The van der Waals surface area contributed by atoms with Crippen LogP contribution in [0.25, 0.3) is 0 Å². The smallest absolute Gasteiger partial charge is 0.351 e. The van der Waals surface area contributed by atoms with Gasteiger partial charge in [0.25, 0.3) is 0 Å². The first-order valence-corrected chi connectivity index (χ1v) is 7.86. The molecule has 0 spiro atoms. The normalized spacial score (nSPS) is 15.0. The molecule has 0 bridgehead atoms. The first-order chi connectivity index (χ1) is 11.8. The summed E-state index contributed by atoms with van der Waals surface area (Å²) in [6, 6.07) is 4.41. The fourth-order valence-electron chi connectivity index (χ4n) is 2.76. The number of aromatic nitrogens is 3. The Balaban J connectivity index is 1.62. The van der Waals surface area contributed by atoms with E-state index in [1.165, 1.54) is 19.2 Å². The van der Waals surface area contributed by atoms with E-state index in [2.05, 4.69) is 20.3 Å². The van der Waals surface area contributed by atoms with Crippen LogP contribution >= 0.6 is 0 Å². The van der Waals surface area contributed by atoms with Crippen LogP contribution in [-0.2, 0) is 37.1 Å². The first-order valence-electron chi connectivity index (χ1n) is 7.86. The Morgan fingerprint density at radius 2 is 2.12 bits per heavy atom. The van der Waals surface area contributed by atoms with Gasteiger partial charge in [-0.05, 0) is 17.7 Å². The maximum Gasteiger partial charge on any atom is 0.433 e. The van der Waals surface area contributed by atoms with Crippen LogP contribution in [0.3, 0.4) is 0 Å². The largest absolute Gasteiger partial charge is 0.433 e. The van der Waals surface area contributed by atoms with E-state index in [1.807, 2.05) is 10.7 Å². The fraction of sp³-hybridized carbons (Fsp3) is 0.438. The molecule has 0 radical (unpaired) electrons. The summed E-state index contributed by atoms with van der Waals surface area (Å²) in [5.74, 6) is -0.109. The summed E-state index contributed by atoms with van der Waals surface area (Å²) in [5.41, 5.74) is 1.67. The second-order valence-electron chi connectivity index (χ2n) is 6.02. The highest BCUT2D eigenvalue weighted by Crippen LogP contribution is 2.27. The molecule has 0 saturated heterocycles. The van der Waals surface area contributed by atoms with E-state index >= 15 is 0 Å². The highest BCUT2D eigenvalue weighted by molar-refractivity contribution is 5.72. The van der Waals surface area contributed by atoms with Gasteiger partial charge in [0.15, 0.2) is 0 Å². The number of hydrogen-bond acceptors (Lipinski definition) is 4. The molecule has 1 N–H and O–H groups in total. The number of alkyl halides is 3. The van der Waals surface area contributed by atoms with Crippen molar-refractivity contribution in [2.75, 3.05) is 6.54 Å². The Morgan fingerprint density at radius 1 is 1.32 bits per heavy atom. The lowest BCUT2D eigenvalue weighted by Crippen LogP contribution is -2.33. The van der Waals surface area contributed by atoms with Gasteiger partial charge in [0, 0.05) is 32.8 Å². The molecule has 9 heteroatoms. The van der Waals surface area contributed by atoms with E-state index in [4.69, 9.17) is 0 Å². The number of pyridine rings is 1. The summed E-state index contributed by atoms with van der Waals surface area (Å²) in [7, 11) is 0. The van der Waals surface area contributed by atoms with Gasteiger partial charge in [-0.1, -0.05) is 6.07 Å². The fourth-order valence-corrected chi connectivity index (χ4v) is 2.76. The molecule has 0 fully saturated rings. The molecule has 3 rings (SSSR count). The predicted octanol–water partition coefficient (Wildman–Crippen LogP) is 1.95. The zero-order valence-corrected chi connectivity index (χ0v) is 13.7. The molecule has 3 heterocycles. The van der Waals surface area contributed by atoms with E-state index in [9.17, 15) is 18.0 Å². The van der Waals surface area contributed by atoms with Crippen molar-refractivity contribution in [1.29, 1.82) is 0 Å². The molecule has 1 aliphatic heterocycles. The van der Waals surface area contributed by atoms with E-state index in [0.29, 0.717) is 26.2 Å². The van der Waals surface area contributed by atoms with E-state index < -0.39 is 11.9 Å². The van der Waals surface area contributed by atoms with Crippen molar-refractivity contribution < 1.29 is 18.0 Å². The van der Waals surface area contributed by atoms with Crippen LogP contribution in [0, 0.1) is 0 Å². The number of amides is 1. The number of halogens is 3. The summed E-state index contributed by atoms with van der Waals surface area (Å²) >= 11 is 0. The Labute approximate surface area is 142 Å². The molecule has 6 nitrogen and oxygen atoms in total. The lowest BCUT2D eigenvalue weighted by atomic mass is 10.2. The third-order valence-electron chi connectivity index (χ3n) is 3.97. The molecule has 2 aromatic heterocycles. The number of nitrogens with one attached hydrogen (secondary N) is 1. The lowest BCUT2D eigenvalue weighted by molar-refractivity contribution is -0.141. The standard InChI is InChI=1S/C16H18F3N5O/c1-11(25)20-8-13-6-14-10-23(4-5-24(14)22-13)9-12-2-3-15(21-7-12)16(17,18)19/h2-3,6-7H,4-5,8-10H2,1H3,(H,20,25). The average Bonchev–Trinajstić information content (AvgIpc) is 2.95. The minimum atomic E-state index is -4.42. The van der Waals surface area contributed by atoms with Gasteiger partial charge in [-0.2, -0.15) is 18.3 Å². The monoisotopic (exact) mass is 353 g/mol. The van der Waals surface area contributed by atoms with Crippen molar-refractivity contribution in [3.8, 4) is 0 Å². The van der Waals surface area contributed by atoms with Crippen LogP contribution in [0.1, 0.15) is 29.6 Å². The molecule has 0 aliphatic carbocycles. The number of nitrogens with zero attached hydrogens (tertiary/aromatic N) is 4. The van der Waals surface area contributed by atoms with Gasteiger partial charge in [0.1, 0.15) is 5.69 Å². The molecule has 134 valence electrons. The quantitative estimate of drug-likeness (QED) is 0.913. The summed E-state index contributed by atoms with van der Waals surface area (Å²) in [5, 5.41) is 7.15. The van der Waals surface area contributed by atoms with Gasteiger partial charge < -0.3 is 5.32 Å². The first kappa shape index (κ1) is 17.4. The molecule has 25 heavy (non-hydrogen) atoms. The summed E-state index contributed by atoms with van der Waals surface area (Å²) < 4.78 is 39.6. The second kappa shape index (κ2) is 6.83. The number of fused-ring (bicyclic) bond motifs is 1. The van der Waals surface area contributed by atoms with Crippen LogP contribution in [0.5, 0.6) is 0 Å². The Morgan fingerprint density at radius 3 is 2.76 bits per heavy atom. The van der Waals surface area contributed by atoms with Crippen molar-refractivity contribution in [2.45, 2.75) is 39.3 Å². The van der Waals surface area contributed by atoms with Gasteiger partial charge >= 0.3 is 6.18 Å². The highest BCUT2D eigenvalue weighted by Gasteiger charge is 2.32. The van der Waals surface area contributed by atoms with Crippen molar-refractivity contribution in [3.63, 3.8) is 0 Å². The van der Waals surface area contributed by atoms with Crippen LogP contribution in [0.2, 0.25) is 0 Å². The van der Waals surface area contributed by atoms with Gasteiger partial charge in [-0.3, -0.25) is 19.4 Å². The van der Waals surface area contributed by atoms with Gasteiger partial charge in [-0.15, -0.1) is 0 Å². The number of carbonyl (C=O) groups excluding carboxylic acids is 1. The molecule has 0 atom stereocenters. The Kier molecular flexibility index (Phi) is 4.76. The highest BCUT2D eigenvalue weighted by atomic mass is 19.4.